The monoisotopic (exact) mass is 207 g/mol. The van der Waals surface area contributed by atoms with Gasteiger partial charge in [0.1, 0.15) is 0 Å². The topological polar surface area (TPSA) is 27.3 Å². The van der Waals surface area contributed by atoms with Crippen molar-refractivity contribution in [2.24, 2.45) is 17.8 Å². The number of nitrogens with zero attached hydrogens (tertiary/aromatic N) is 1. The minimum atomic E-state index is 0.579. The Bertz CT molecular complexity index is 270. The predicted octanol–water partition coefficient (Wildman–Crippen LogP) is -0.110. The maximum absolute atomic E-state index is 3.65. The van der Waals surface area contributed by atoms with Crippen LogP contribution in [0, 0.1) is 17.8 Å². The standard InChI is InChI=1S/C12H21N3/c1-2-12(8-13-3-5-15(12)4-1)11-9-6-14-7-10(9)11/h9-11,13-14H,1-8H2. The Hall–Kier alpha value is -0.120. The second-order valence-corrected chi connectivity index (χ2v) is 5.88. The van der Waals surface area contributed by atoms with Crippen LogP contribution >= 0.6 is 0 Å². The van der Waals surface area contributed by atoms with Gasteiger partial charge in [-0.15, -0.1) is 0 Å². The van der Waals surface area contributed by atoms with Crippen LogP contribution in [0.2, 0.25) is 0 Å². The molecule has 3 aliphatic heterocycles. The van der Waals surface area contributed by atoms with Crippen molar-refractivity contribution in [1.29, 1.82) is 0 Å². The molecule has 3 nitrogen and oxygen atoms in total. The van der Waals surface area contributed by atoms with E-state index in [4.69, 9.17) is 0 Å². The highest BCUT2D eigenvalue weighted by Crippen LogP contribution is 2.59. The first-order chi connectivity index (χ1) is 7.42. The lowest BCUT2D eigenvalue weighted by atomic mass is 9.86. The molecule has 0 spiro atoms. The smallest absolute Gasteiger partial charge is 0.0369 e. The zero-order chi connectivity index (χ0) is 9.88. The number of piperazine rings is 1. The fraction of sp³-hybridized carbons (Fsp3) is 1.00. The van der Waals surface area contributed by atoms with Gasteiger partial charge in [-0.1, -0.05) is 0 Å². The van der Waals surface area contributed by atoms with Gasteiger partial charge in [0.2, 0.25) is 0 Å². The maximum atomic E-state index is 3.65. The number of piperidine rings is 1. The zero-order valence-electron chi connectivity index (χ0n) is 9.34. The maximum Gasteiger partial charge on any atom is 0.0369 e. The molecule has 0 aromatic heterocycles. The van der Waals surface area contributed by atoms with Gasteiger partial charge in [0, 0.05) is 25.2 Å². The molecule has 3 heterocycles. The van der Waals surface area contributed by atoms with Crippen molar-refractivity contribution < 1.29 is 0 Å². The summed E-state index contributed by atoms with van der Waals surface area (Å²) in [4.78, 5) is 2.81. The average molecular weight is 207 g/mol. The van der Waals surface area contributed by atoms with Crippen LogP contribution in [-0.2, 0) is 0 Å². The SMILES string of the molecule is C1CN2CCNCC2(C2C3CNCC32)C1. The molecule has 0 aromatic rings. The molecule has 3 atom stereocenters. The number of hydrogen-bond donors (Lipinski definition) is 2. The van der Waals surface area contributed by atoms with Crippen LogP contribution in [0.15, 0.2) is 0 Å². The first kappa shape index (κ1) is 8.97. The molecule has 3 heteroatoms. The van der Waals surface area contributed by atoms with Crippen LogP contribution in [0.4, 0.5) is 0 Å². The van der Waals surface area contributed by atoms with E-state index in [-0.39, 0.29) is 0 Å². The van der Waals surface area contributed by atoms with E-state index in [1.165, 1.54) is 52.1 Å². The Morgan fingerprint density at radius 2 is 1.93 bits per heavy atom. The number of nitrogens with one attached hydrogen (secondary N) is 2. The Kier molecular flexibility index (Phi) is 1.77. The third-order valence-corrected chi connectivity index (χ3v) is 5.37. The van der Waals surface area contributed by atoms with Gasteiger partial charge in [-0.05, 0) is 50.2 Å². The third kappa shape index (κ3) is 1.07. The van der Waals surface area contributed by atoms with E-state index in [1.807, 2.05) is 0 Å². The Balaban J connectivity index is 1.62. The van der Waals surface area contributed by atoms with Crippen molar-refractivity contribution >= 4 is 0 Å². The molecule has 15 heavy (non-hydrogen) atoms. The fourth-order valence-electron chi connectivity index (χ4n) is 4.72. The summed E-state index contributed by atoms with van der Waals surface area (Å²) in [6, 6.07) is 0. The van der Waals surface area contributed by atoms with Gasteiger partial charge in [-0.3, -0.25) is 4.90 Å². The molecule has 0 bridgehead atoms. The van der Waals surface area contributed by atoms with Gasteiger partial charge in [0.25, 0.3) is 0 Å². The molecular weight excluding hydrogens is 186 g/mol. The predicted molar refractivity (Wildman–Crippen MR) is 59.7 cm³/mol. The lowest BCUT2D eigenvalue weighted by molar-refractivity contribution is 0.0718. The summed E-state index contributed by atoms with van der Waals surface area (Å²) in [7, 11) is 0. The quantitative estimate of drug-likeness (QED) is 0.628. The van der Waals surface area contributed by atoms with Crippen molar-refractivity contribution in [3.63, 3.8) is 0 Å². The summed E-state index contributed by atoms with van der Waals surface area (Å²) in [6.45, 7) is 7.73. The summed E-state index contributed by atoms with van der Waals surface area (Å²) >= 11 is 0. The number of fused-ring (bicyclic) bond motifs is 2. The van der Waals surface area contributed by atoms with Crippen LogP contribution in [0.25, 0.3) is 0 Å². The average Bonchev–Trinajstić information content (AvgIpc) is 2.71. The van der Waals surface area contributed by atoms with Gasteiger partial charge in [0.15, 0.2) is 0 Å². The summed E-state index contributed by atoms with van der Waals surface area (Å²) in [5.41, 5.74) is 0.579. The molecular formula is C12H21N3. The van der Waals surface area contributed by atoms with Gasteiger partial charge < -0.3 is 10.6 Å². The van der Waals surface area contributed by atoms with Crippen LogP contribution in [0.5, 0.6) is 0 Å². The van der Waals surface area contributed by atoms with Crippen molar-refractivity contribution in [3.05, 3.63) is 0 Å². The molecule has 4 fully saturated rings. The van der Waals surface area contributed by atoms with Crippen LogP contribution in [0.1, 0.15) is 12.8 Å². The molecule has 0 aromatic carbocycles. The second-order valence-electron chi connectivity index (χ2n) is 5.88. The van der Waals surface area contributed by atoms with Crippen molar-refractivity contribution in [2.75, 3.05) is 39.3 Å². The Morgan fingerprint density at radius 1 is 1.07 bits per heavy atom. The molecule has 4 aliphatic rings. The van der Waals surface area contributed by atoms with Gasteiger partial charge >= 0.3 is 0 Å². The van der Waals surface area contributed by atoms with Crippen LogP contribution in [-0.4, -0.2) is 49.7 Å². The lowest BCUT2D eigenvalue weighted by Gasteiger charge is -2.44. The van der Waals surface area contributed by atoms with Crippen LogP contribution < -0.4 is 10.6 Å². The first-order valence-corrected chi connectivity index (χ1v) is 6.58. The zero-order valence-corrected chi connectivity index (χ0v) is 9.34. The van der Waals surface area contributed by atoms with E-state index in [2.05, 4.69) is 15.5 Å². The van der Waals surface area contributed by atoms with Crippen molar-refractivity contribution in [2.45, 2.75) is 18.4 Å². The van der Waals surface area contributed by atoms with Gasteiger partial charge in [-0.2, -0.15) is 0 Å². The number of rotatable bonds is 1. The summed E-state index contributed by atoms with van der Waals surface area (Å²) < 4.78 is 0. The van der Waals surface area contributed by atoms with E-state index in [1.54, 1.807) is 0 Å². The Labute approximate surface area is 91.6 Å². The van der Waals surface area contributed by atoms with Crippen molar-refractivity contribution in [1.82, 2.24) is 15.5 Å². The van der Waals surface area contributed by atoms with Gasteiger partial charge in [-0.25, -0.2) is 0 Å². The minimum Gasteiger partial charge on any atom is -0.316 e. The molecule has 2 N–H and O–H groups in total. The highest BCUT2D eigenvalue weighted by atomic mass is 15.3. The normalized spacial score (nSPS) is 54.0. The van der Waals surface area contributed by atoms with E-state index in [9.17, 15) is 0 Å². The summed E-state index contributed by atoms with van der Waals surface area (Å²) in [5, 5.41) is 7.17. The third-order valence-electron chi connectivity index (χ3n) is 5.37. The van der Waals surface area contributed by atoms with E-state index < -0.39 is 0 Å². The molecule has 0 amide bonds. The van der Waals surface area contributed by atoms with Crippen molar-refractivity contribution in [3.8, 4) is 0 Å². The molecule has 0 radical (unpaired) electrons. The molecule has 1 saturated carbocycles. The fourth-order valence-corrected chi connectivity index (χ4v) is 4.72. The van der Waals surface area contributed by atoms with E-state index >= 15 is 0 Å². The Morgan fingerprint density at radius 3 is 2.80 bits per heavy atom. The minimum absolute atomic E-state index is 0.579. The second kappa shape index (κ2) is 2.96. The van der Waals surface area contributed by atoms with Crippen LogP contribution in [0.3, 0.4) is 0 Å². The molecule has 3 saturated heterocycles. The van der Waals surface area contributed by atoms with E-state index in [0.717, 1.165) is 17.8 Å². The molecule has 3 unspecified atom stereocenters. The van der Waals surface area contributed by atoms with Gasteiger partial charge in [0.05, 0.1) is 0 Å². The largest absolute Gasteiger partial charge is 0.316 e. The lowest BCUT2D eigenvalue weighted by Crippen LogP contribution is -2.60. The first-order valence-electron chi connectivity index (χ1n) is 6.58. The molecule has 1 aliphatic carbocycles. The highest BCUT2D eigenvalue weighted by molar-refractivity contribution is 5.19. The molecule has 84 valence electrons. The number of hydrogen-bond acceptors (Lipinski definition) is 3. The highest BCUT2D eigenvalue weighted by Gasteiger charge is 2.65. The molecule has 4 rings (SSSR count). The summed E-state index contributed by atoms with van der Waals surface area (Å²) in [6.07, 6.45) is 2.89. The van der Waals surface area contributed by atoms with E-state index in [0.29, 0.717) is 5.54 Å². The summed E-state index contributed by atoms with van der Waals surface area (Å²) in [5.74, 6) is 3.06.